The summed E-state index contributed by atoms with van der Waals surface area (Å²) in [5, 5.41) is 30.2. The van der Waals surface area contributed by atoms with Crippen molar-refractivity contribution < 1.29 is 19.7 Å². The maximum atomic E-state index is 10.8. The molecule has 0 rings (SSSR count). The predicted octanol–water partition coefficient (Wildman–Crippen LogP) is 0.0188. The van der Waals surface area contributed by atoms with Gasteiger partial charge in [-0.2, -0.15) is 0 Å². The highest BCUT2D eigenvalue weighted by atomic mass is 79.9. The average molecular weight is 315 g/mol. The molecule has 0 spiro atoms. The zero-order chi connectivity index (χ0) is 13.8. The molecule has 0 aliphatic carbocycles. The fourth-order valence-corrected chi connectivity index (χ4v) is 1.03. The van der Waals surface area contributed by atoms with Gasteiger partial charge in [0.2, 0.25) is 0 Å². The number of rotatable bonds is 6. The number of carbonyl (C=O) groups excluding carboxylic acids is 1. The standard InChI is InChI=1S/C5H7BrN4O7/c1-4(11)7(10(16)17)3-2-5(6,8(12)13)9(14)15/h2-3H2,1H3. The minimum absolute atomic E-state index is 0.0585. The summed E-state index contributed by atoms with van der Waals surface area (Å²) in [6, 6.07) is 0. The van der Waals surface area contributed by atoms with Gasteiger partial charge in [0.1, 0.15) is 22.8 Å². The first-order valence-electron chi connectivity index (χ1n) is 4.03. The van der Waals surface area contributed by atoms with E-state index in [1.807, 2.05) is 0 Å². The third-order valence-corrected chi connectivity index (χ3v) is 2.74. The lowest BCUT2D eigenvalue weighted by atomic mass is 10.3. The average Bonchev–Trinajstić information content (AvgIpc) is 2.15. The van der Waals surface area contributed by atoms with Crippen LogP contribution >= 0.6 is 15.9 Å². The first kappa shape index (κ1) is 15.2. The normalized spacial score (nSPS) is 10.7. The molecule has 0 heterocycles. The van der Waals surface area contributed by atoms with Gasteiger partial charge < -0.3 is 0 Å². The highest BCUT2D eigenvalue weighted by Crippen LogP contribution is 2.24. The van der Waals surface area contributed by atoms with Gasteiger partial charge in [-0.1, -0.05) is 5.01 Å². The van der Waals surface area contributed by atoms with Crippen LogP contribution in [0, 0.1) is 30.3 Å². The molecule has 96 valence electrons. The highest BCUT2D eigenvalue weighted by molar-refractivity contribution is 9.09. The molecule has 0 atom stereocenters. The van der Waals surface area contributed by atoms with Crippen molar-refractivity contribution in [3.63, 3.8) is 0 Å². The fourth-order valence-electron chi connectivity index (χ4n) is 0.851. The molecule has 11 nitrogen and oxygen atoms in total. The first-order valence-corrected chi connectivity index (χ1v) is 4.82. The lowest BCUT2D eigenvalue weighted by Crippen LogP contribution is -2.45. The van der Waals surface area contributed by atoms with Crippen molar-refractivity contribution in [1.82, 2.24) is 5.01 Å². The lowest BCUT2D eigenvalue weighted by molar-refractivity contribution is -0.760. The minimum atomic E-state index is -2.74. The Bertz CT molecular complexity index is 343. The molecule has 0 N–H and O–H groups in total. The highest BCUT2D eigenvalue weighted by Gasteiger charge is 2.54. The van der Waals surface area contributed by atoms with E-state index in [4.69, 9.17) is 0 Å². The third-order valence-electron chi connectivity index (χ3n) is 1.76. The van der Waals surface area contributed by atoms with E-state index in [0.29, 0.717) is 0 Å². The second-order valence-electron chi connectivity index (χ2n) is 2.86. The van der Waals surface area contributed by atoms with Gasteiger partial charge in [-0.15, -0.1) is 0 Å². The molecule has 0 bridgehead atoms. The van der Waals surface area contributed by atoms with Crippen LogP contribution in [0.1, 0.15) is 13.3 Å². The van der Waals surface area contributed by atoms with Crippen LogP contribution < -0.4 is 0 Å². The topological polar surface area (TPSA) is 150 Å². The van der Waals surface area contributed by atoms with Crippen LogP contribution in [0.2, 0.25) is 0 Å². The van der Waals surface area contributed by atoms with Gasteiger partial charge in [0.05, 0.1) is 15.9 Å². The number of hydrogen-bond donors (Lipinski definition) is 0. The van der Waals surface area contributed by atoms with Gasteiger partial charge in [0.25, 0.3) is 5.91 Å². The zero-order valence-corrected chi connectivity index (χ0v) is 10.0. The first-order chi connectivity index (χ1) is 7.62. The van der Waals surface area contributed by atoms with E-state index in [2.05, 4.69) is 15.9 Å². The molecule has 0 unspecified atom stereocenters. The fraction of sp³-hybridized carbons (Fsp3) is 0.800. The Morgan fingerprint density at radius 2 is 1.65 bits per heavy atom. The van der Waals surface area contributed by atoms with Crippen molar-refractivity contribution in [2.24, 2.45) is 0 Å². The van der Waals surface area contributed by atoms with E-state index >= 15 is 0 Å². The molecule has 0 aromatic carbocycles. The molecule has 12 heteroatoms. The number of hydrazine groups is 1. The predicted molar refractivity (Wildman–Crippen MR) is 54.6 cm³/mol. The van der Waals surface area contributed by atoms with E-state index in [-0.39, 0.29) is 5.01 Å². The molecule has 0 aromatic rings. The van der Waals surface area contributed by atoms with E-state index in [0.717, 1.165) is 6.92 Å². The number of carbonyl (C=O) groups is 1. The summed E-state index contributed by atoms with van der Waals surface area (Å²) >= 11 is 2.28. The zero-order valence-electron chi connectivity index (χ0n) is 8.44. The summed E-state index contributed by atoms with van der Waals surface area (Å²) in [7, 11) is 0. The Morgan fingerprint density at radius 3 is 1.88 bits per heavy atom. The van der Waals surface area contributed by atoms with Crippen molar-refractivity contribution in [3.05, 3.63) is 30.3 Å². The second kappa shape index (κ2) is 5.47. The maximum Gasteiger partial charge on any atom is 0.512 e. The largest absolute Gasteiger partial charge is 0.512 e. The maximum absolute atomic E-state index is 10.8. The van der Waals surface area contributed by atoms with E-state index in [1.165, 1.54) is 0 Å². The summed E-state index contributed by atoms with van der Waals surface area (Å²) in [5.41, 5.74) is 0. The molecule has 1 amide bonds. The number of nitrogens with zero attached hydrogens (tertiary/aromatic N) is 4. The smallest absolute Gasteiger partial charge is 0.269 e. The van der Waals surface area contributed by atoms with Crippen molar-refractivity contribution in [2.45, 2.75) is 17.9 Å². The quantitative estimate of drug-likeness (QED) is 0.220. The Hall–Kier alpha value is -1.85. The monoisotopic (exact) mass is 314 g/mol. The Balaban J connectivity index is 4.83. The molecule has 0 aromatic heterocycles. The van der Waals surface area contributed by atoms with Crippen molar-refractivity contribution >= 4 is 21.8 Å². The molecule has 0 radical (unpaired) electrons. The van der Waals surface area contributed by atoms with Crippen LogP contribution in [0.3, 0.4) is 0 Å². The van der Waals surface area contributed by atoms with Gasteiger partial charge in [0.15, 0.2) is 5.03 Å². The molecule has 17 heavy (non-hydrogen) atoms. The van der Waals surface area contributed by atoms with Crippen LogP contribution in [0.5, 0.6) is 0 Å². The molecule has 0 saturated heterocycles. The van der Waals surface area contributed by atoms with Crippen LogP contribution in [0.25, 0.3) is 0 Å². The second-order valence-corrected chi connectivity index (χ2v) is 4.13. The summed E-state index contributed by atoms with van der Waals surface area (Å²) in [6.45, 7) is 0.118. The van der Waals surface area contributed by atoms with E-state index in [1.54, 1.807) is 0 Å². The lowest BCUT2D eigenvalue weighted by Gasteiger charge is -2.13. The summed E-state index contributed by atoms with van der Waals surface area (Å²) in [6.07, 6.45) is -0.840. The number of halogens is 1. The van der Waals surface area contributed by atoms with Gasteiger partial charge in [-0.25, -0.2) is 10.1 Å². The van der Waals surface area contributed by atoms with Crippen molar-refractivity contribution in [3.8, 4) is 0 Å². The number of amides is 1. The van der Waals surface area contributed by atoms with Crippen LogP contribution in [-0.2, 0) is 4.79 Å². The van der Waals surface area contributed by atoms with Gasteiger partial charge in [-0.3, -0.25) is 25.0 Å². The summed E-state index contributed by atoms with van der Waals surface area (Å²) in [5.74, 6) is -0.975. The Labute approximate surface area is 102 Å². The van der Waals surface area contributed by atoms with Crippen LogP contribution in [0.15, 0.2) is 0 Å². The Kier molecular flexibility index (Phi) is 4.87. The number of hydrogen-bond acceptors (Lipinski definition) is 7. The third kappa shape index (κ3) is 3.58. The molecule has 0 saturated carbocycles. The summed E-state index contributed by atoms with van der Waals surface area (Å²) < 4.78 is -2.74. The van der Waals surface area contributed by atoms with E-state index < -0.39 is 38.3 Å². The van der Waals surface area contributed by atoms with Gasteiger partial charge >= 0.3 is 4.57 Å². The number of nitro groups is 3. The van der Waals surface area contributed by atoms with Crippen molar-refractivity contribution in [1.29, 1.82) is 0 Å². The minimum Gasteiger partial charge on any atom is -0.269 e. The molecule has 0 aliphatic rings. The van der Waals surface area contributed by atoms with Crippen LogP contribution in [-0.4, -0.2) is 36.9 Å². The number of alkyl halides is 1. The van der Waals surface area contributed by atoms with Crippen molar-refractivity contribution in [2.75, 3.05) is 6.54 Å². The molecular weight excluding hydrogens is 308 g/mol. The SMILES string of the molecule is CC(=O)N(CCC(Br)([N+](=O)[O-])[N+](=O)[O-])[N+](=O)[O-]. The van der Waals surface area contributed by atoms with E-state index in [9.17, 15) is 35.1 Å². The van der Waals surface area contributed by atoms with Gasteiger partial charge in [0, 0.05) is 6.92 Å². The summed E-state index contributed by atoms with van der Waals surface area (Å²) in [4.78, 5) is 39.6. The Morgan fingerprint density at radius 1 is 1.24 bits per heavy atom. The van der Waals surface area contributed by atoms with Gasteiger partial charge in [-0.05, 0) is 0 Å². The molecular formula is C5H7BrN4O7. The van der Waals surface area contributed by atoms with Crippen LogP contribution in [0.4, 0.5) is 0 Å². The molecule has 0 fully saturated rings. The molecule has 0 aliphatic heterocycles.